The highest BCUT2D eigenvalue weighted by molar-refractivity contribution is 6.01. The fourth-order valence-corrected chi connectivity index (χ4v) is 5.73. The van der Waals surface area contributed by atoms with Crippen LogP contribution in [0.15, 0.2) is 24.3 Å². The maximum atomic E-state index is 12.9. The third-order valence-electron chi connectivity index (χ3n) is 7.55. The van der Waals surface area contributed by atoms with E-state index in [2.05, 4.69) is 5.32 Å². The molecule has 8 heteroatoms. The summed E-state index contributed by atoms with van der Waals surface area (Å²) in [5.74, 6) is -2.98. The van der Waals surface area contributed by atoms with Crippen molar-refractivity contribution in [3.63, 3.8) is 0 Å². The summed E-state index contributed by atoms with van der Waals surface area (Å²) in [5.41, 5.74) is -1.93. The molecule has 3 saturated carbocycles. The van der Waals surface area contributed by atoms with Gasteiger partial charge < -0.3 is 20.6 Å². The zero-order valence-corrected chi connectivity index (χ0v) is 17.2. The molecule has 5 rings (SSSR count). The van der Waals surface area contributed by atoms with E-state index in [4.69, 9.17) is 5.11 Å². The standard InChI is InChI=1S/C23H25NO7/c1-22(16-10-12-4-8-23(16,11-15(12)26)9-5-17(22)27)7-6-18(28)24-19-14(25)3-2-13(20(19)29)21(30)31/h2-3,5,9,12,16,25,29H,4,6-8,10-11H2,1H3,(H,24,28)(H,30,31)/t12-,16?,22-,23+/m0/s1. The van der Waals surface area contributed by atoms with Gasteiger partial charge in [0.15, 0.2) is 11.5 Å². The van der Waals surface area contributed by atoms with Crippen LogP contribution in [-0.4, -0.2) is 38.8 Å². The maximum Gasteiger partial charge on any atom is 0.339 e. The minimum Gasteiger partial charge on any atom is -0.506 e. The van der Waals surface area contributed by atoms with E-state index in [0.717, 1.165) is 25.0 Å². The number of rotatable bonds is 5. The van der Waals surface area contributed by atoms with Gasteiger partial charge in [-0.05, 0) is 55.2 Å². The number of anilines is 1. The second-order valence-corrected chi connectivity index (χ2v) is 9.22. The normalized spacial score (nSPS) is 31.4. The van der Waals surface area contributed by atoms with Crippen molar-refractivity contribution in [1.29, 1.82) is 0 Å². The molecule has 0 aliphatic heterocycles. The van der Waals surface area contributed by atoms with E-state index >= 15 is 0 Å². The largest absolute Gasteiger partial charge is 0.506 e. The van der Waals surface area contributed by atoms with Crippen LogP contribution in [0.1, 0.15) is 55.8 Å². The van der Waals surface area contributed by atoms with Crippen LogP contribution in [0, 0.1) is 22.7 Å². The first-order chi connectivity index (χ1) is 14.6. The van der Waals surface area contributed by atoms with Crippen molar-refractivity contribution in [3.05, 3.63) is 29.8 Å². The predicted octanol–water partition coefficient (Wildman–Crippen LogP) is 3.04. The van der Waals surface area contributed by atoms with Gasteiger partial charge in [-0.2, -0.15) is 0 Å². The van der Waals surface area contributed by atoms with Gasteiger partial charge in [-0.1, -0.05) is 13.0 Å². The Hall–Kier alpha value is -3.16. The Morgan fingerprint density at radius 3 is 2.65 bits per heavy atom. The maximum absolute atomic E-state index is 12.9. The number of allylic oxidation sites excluding steroid dienone is 2. The summed E-state index contributed by atoms with van der Waals surface area (Å²) in [4.78, 5) is 49.0. The van der Waals surface area contributed by atoms with E-state index in [1.165, 1.54) is 0 Å². The van der Waals surface area contributed by atoms with Crippen molar-refractivity contribution in [2.24, 2.45) is 22.7 Å². The molecule has 4 N–H and O–H groups in total. The molecular formula is C23H25NO7. The molecule has 0 heterocycles. The molecular weight excluding hydrogens is 402 g/mol. The van der Waals surface area contributed by atoms with Crippen molar-refractivity contribution in [3.8, 4) is 11.5 Å². The monoisotopic (exact) mass is 427 g/mol. The van der Waals surface area contributed by atoms with Crippen molar-refractivity contribution in [2.75, 3.05) is 5.32 Å². The van der Waals surface area contributed by atoms with Gasteiger partial charge in [0.25, 0.3) is 0 Å². The summed E-state index contributed by atoms with van der Waals surface area (Å²) in [7, 11) is 0. The lowest BCUT2D eigenvalue weighted by Crippen LogP contribution is -2.56. The Bertz CT molecular complexity index is 1030. The molecule has 4 aliphatic rings. The van der Waals surface area contributed by atoms with Gasteiger partial charge in [-0.15, -0.1) is 0 Å². The third-order valence-corrected chi connectivity index (χ3v) is 7.55. The smallest absolute Gasteiger partial charge is 0.339 e. The van der Waals surface area contributed by atoms with Crippen molar-refractivity contribution >= 4 is 29.1 Å². The number of hydrogen-bond donors (Lipinski definition) is 4. The number of amides is 1. The van der Waals surface area contributed by atoms with E-state index in [0.29, 0.717) is 12.8 Å². The quantitative estimate of drug-likeness (QED) is 0.529. The minimum atomic E-state index is -1.40. The lowest BCUT2D eigenvalue weighted by Gasteiger charge is -2.57. The van der Waals surface area contributed by atoms with Gasteiger partial charge in [-0.3, -0.25) is 14.4 Å². The van der Waals surface area contributed by atoms with E-state index < -0.39 is 34.4 Å². The molecule has 31 heavy (non-hydrogen) atoms. The van der Waals surface area contributed by atoms with Gasteiger partial charge in [0.05, 0.1) is 0 Å². The van der Waals surface area contributed by atoms with Crippen LogP contribution in [0.4, 0.5) is 5.69 Å². The van der Waals surface area contributed by atoms with Crippen LogP contribution in [0.5, 0.6) is 11.5 Å². The number of carbonyl (C=O) groups excluding carboxylic acids is 3. The highest BCUT2D eigenvalue weighted by Crippen LogP contribution is 2.62. The number of carboxylic acid groups (broad SMARTS) is 1. The molecule has 3 fully saturated rings. The predicted molar refractivity (Wildman–Crippen MR) is 110 cm³/mol. The van der Waals surface area contributed by atoms with E-state index in [1.54, 1.807) is 6.08 Å². The number of aromatic carboxylic acids is 1. The Morgan fingerprint density at radius 2 is 1.97 bits per heavy atom. The number of Topliss-reactive ketones (excluding diaryl/α,β-unsaturated/α-hetero) is 1. The SMILES string of the molecule is C[C@@]1(CCC(=O)Nc2c(O)ccc(C(=O)O)c2O)C(=O)C=C[C@@]23CC[C@@H](CC21)C(=O)C3. The summed E-state index contributed by atoms with van der Waals surface area (Å²) in [6.07, 6.45) is 6.44. The number of phenolic OH excluding ortho intramolecular Hbond substituents is 1. The molecule has 1 unspecified atom stereocenters. The Kier molecular flexibility index (Phi) is 4.91. The topological polar surface area (TPSA) is 141 Å². The molecule has 0 aromatic heterocycles. The Morgan fingerprint density at radius 1 is 1.23 bits per heavy atom. The third kappa shape index (κ3) is 3.30. The van der Waals surface area contributed by atoms with Crippen LogP contribution in [0.3, 0.4) is 0 Å². The molecule has 1 spiro atoms. The molecule has 0 radical (unpaired) electrons. The zero-order valence-electron chi connectivity index (χ0n) is 17.2. The molecule has 4 atom stereocenters. The number of nitrogens with one attached hydrogen (secondary N) is 1. The molecule has 0 saturated heterocycles. The molecule has 164 valence electrons. The molecule has 1 aromatic carbocycles. The first-order valence-electron chi connectivity index (χ1n) is 10.4. The number of hydrogen-bond acceptors (Lipinski definition) is 6. The first kappa shape index (κ1) is 21.1. The first-order valence-corrected chi connectivity index (χ1v) is 10.4. The Labute approximate surface area is 179 Å². The van der Waals surface area contributed by atoms with Gasteiger partial charge in [0.1, 0.15) is 22.8 Å². The van der Waals surface area contributed by atoms with Crippen molar-refractivity contribution < 1.29 is 34.5 Å². The van der Waals surface area contributed by atoms with Crippen molar-refractivity contribution in [1.82, 2.24) is 0 Å². The minimum absolute atomic E-state index is 0.0149. The summed E-state index contributed by atoms with van der Waals surface area (Å²) < 4.78 is 0. The number of ketones is 2. The van der Waals surface area contributed by atoms with E-state index in [9.17, 15) is 29.4 Å². The number of aromatic hydroxyl groups is 2. The number of phenols is 2. The van der Waals surface area contributed by atoms with E-state index in [1.807, 2.05) is 13.0 Å². The van der Waals surface area contributed by atoms with Crippen LogP contribution < -0.4 is 5.32 Å². The Balaban J connectivity index is 1.52. The lowest BCUT2D eigenvalue weighted by atomic mass is 9.45. The van der Waals surface area contributed by atoms with Crippen LogP contribution in [0.2, 0.25) is 0 Å². The number of benzene rings is 1. The summed E-state index contributed by atoms with van der Waals surface area (Å²) in [6, 6.07) is 2.12. The number of carboxylic acids is 1. The summed E-state index contributed by atoms with van der Waals surface area (Å²) in [5, 5.41) is 31.5. The van der Waals surface area contributed by atoms with Crippen LogP contribution in [0.25, 0.3) is 0 Å². The van der Waals surface area contributed by atoms with Crippen LogP contribution in [-0.2, 0) is 14.4 Å². The van der Waals surface area contributed by atoms with Crippen molar-refractivity contribution in [2.45, 2.75) is 45.4 Å². The summed E-state index contributed by atoms with van der Waals surface area (Å²) >= 11 is 0. The second kappa shape index (κ2) is 7.21. The van der Waals surface area contributed by atoms with Crippen LogP contribution >= 0.6 is 0 Å². The lowest BCUT2D eigenvalue weighted by molar-refractivity contribution is -0.150. The average molecular weight is 427 g/mol. The van der Waals surface area contributed by atoms with Gasteiger partial charge >= 0.3 is 5.97 Å². The highest BCUT2D eigenvalue weighted by Gasteiger charge is 2.59. The number of fused-ring (bicyclic) bond motifs is 2. The highest BCUT2D eigenvalue weighted by atomic mass is 16.4. The molecule has 8 nitrogen and oxygen atoms in total. The number of carbonyl (C=O) groups is 4. The fourth-order valence-electron chi connectivity index (χ4n) is 5.73. The van der Waals surface area contributed by atoms with Gasteiger partial charge in [0, 0.05) is 24.2 Å². The second-order valence-electron chi connectivity index (χ2n) is 9.22. The molecule has 2 bridgehead atoms. The summed E-state index contributed by atoms with van der Waals surface area (Å²) in [6.45, 7) is 1.85. The van der Waals surface area contributed by atoms with E-state index in [-0.39, 0.29) is 47.3 Å². The fraction of sp³-hybridized carbons (Fsp3) is 0.478. The zero-order chi connectivity index (χ0) is 22.6. The van der Waals surface area contributed by atoms with Gasteiger partial charge in [-0.25, -0.2) is 4.79 Å². The molecule has 4 aliphatic carbocycles. The molecule has 1 aromatic rings. The molecule has 1 amide bonds. The van der Waals surface area contributed by atoms with Gasteiger partial charge in [0.2, 0.25) is 5.91 Å². The average Bonchev–Trinajstić information content (AvgIpc) is 2.72.